The monoisotopic (exact) mass is 441 g/mol. The second kappa shape index (κ2) is 6.74. The van der Waals surface area contributed by atoms with Gasteiger partial charge >= 0.3 is 5.97 Å². The number of benzene rings is 1. The summed E-state index contributed by atoms with van der Waals surface area (Å²) in [4.78, 5) is 11.7. The summed E-state index contributed by atoms with van der Waals surface area (Å²) >= 11 is 6.53. The number of carbonyl (C=O) groups is 1. The molecule has 6 nitrogen and oxygen atoms in total. The Morgan fingerprint density at radius 1 is 1.43 bits per heavy atom. The normalized spacial score (nSPS) is 20.2. The van der Waals surface area contributed by atoms with Crippen LogP contribution in [0.3, 0.4) is 0 Å². The van der Waals surface area contributed by atoms with Crippen LogP contribution in [0.15, 0.2) is 32.0 Å². The number of esters is 1. The number of rotatable bonds is 3. The molecule has 1 fully saturated rings. The Kier molecular flexibility index (Phi) is 5.42. The van der Waals surface area contributed by atoms with Crippen molar-refractivity contribution < 1.29 is 22.7 Å². The first kappa shape index (κ1) is 16.9. The number of halogens is 2. The van der Waals surface area contributed by atoms with E-state index in [2.05, 4.69) is 36.6 Å². The zero-order valence-electron chi connectivity index (χ0n) is 11.1. The van der Waals surface area contributed by atoms with Crippen LogP contribution >= 0.6 is 31.9 Å². The van der Waals surface area contributed by atoms with Gasteiger partial charge < -0.3 is 9.47 Å². The number of hydrogen-bond donors (Lipinski definition) is 0. The predicted octanol–water partition coefficient (Wildman–Crippen LogP) is 1.77. The van der Waals surface area contributed by atoms with Crippen molar-refractivity contribution in [3.63, 3.8) is 0 Å². The molecule has 1 aromatic rings. The summed E-state index contributed by atoms with van der Waals surface area (Å²) in [6.07, 6.45) is -0.896. The molecule has 0 amide bonds. The third kappa shape index (κ3) is 3.65. The minimum absolute atomic E-state index is 0.0580. The van der Waals surface area contributed by atoms with E-state index in [1.807, 2.05) is 0 Å². The number of morpholine rings is 1. The van der Waals surface area contributed by atoms with Gasteiger partial charge in [-0.3, -0.25) is 0 Å². The quantitative estimate of drug-likeness (QED) is 0.667. The van der Waals surface area contributed by atoms with Gasteiger partial charge in [0.2, 0.25) is 10.0 Å². The van der Waals surface area contributed by atoms with Gasteiger partial charge in [-0.25, -0.2) is 13.2 Å². The van der Waals surface area contributed by atoms with E-state index in [9.17, 15) is 13.2 Å². The first-order valence-electron chi connectivity index (χ1n) is 6.01. The molecular formula is C12H13Br2NO5S. The summed E-state index contributed by atoms with van der Waals surface area (Å²) < 4.78 is 37.6. The fraction of sp³-hybridized carbons (Fsp3) is 0.417. The Morgan fingerprint density at radius 3 is 2.76 bits per heavy atom. The number of nitrogens with zero attached hydrogens (tertiary/aromatic N) is 1. The van der Waals surface area contributed by atoms with Gasteiger partial charge in [-0.2, -0.15) is 4.31 Å². The highest BCUT2D eigenvalue weighted by molar-refractivity contribution is 9.11. The maximum Gasteiger partial charge on any atom is 0.336 e. The highest BCUT2D eigenvalue weighted by Gasteiger charge is 2.35. The van der Waals surface area contributed by atoms with E-state index >= 15 is 0 Å². The average molecular weight is 443 g/mol. The molecule has 1 aliphatic rings. The van der Waals surface area contributed by atoms with Crippen LogP contribution in [0.5, 0.6) is 0 Å². The number of ether oxygens (including phenoxy) is 2. The van der Waals surface area contributed by atoms with E-state index in [-0.39, 0.29) is 24.6 Å². The Balaban J connectivity index is 2.28. The van der Waals surface area contributed by atoms with E-state index in [0.29, 0.717) is 4.47 Å². The van der Waals surface area contributed by atoms with Gasteiger partial charge in [0.15, 0.2) is 6.10 Å². The smallest absolute Gasteiger partial charge is 0.336 e. The molecule has 1 aromatic carbocycles. The molecule has 1 aliphatic heterocycles. The topological polar surface area (TPSA) is 72.9 Å². The Hall–Kier alpha value is -0.480. The van der Waals surface area contributed by atoms with Crippen LogP contribution in [0.2, 0.25) is 0 Å². The second-order valence-corrected chi connectivity index (χ2v) is 8.00. The highest BCUT2D eigenvalue weighted by Crippen LogP contribution is 2.29. The number of hydrogen-bond acceptors (Lipinski definition) is 5. The molecular weight excluding hydrogens is 430 g/mol. The summed E-state index contributed by atoms with van der Waals surface area (Å²) in [7, 11) is -2.47. The molecule has 1 saturated heterocycles. The van der Waals surface area contributed by atoms with E-state index in [4.69, 9.17) is 4.74 Å². The van der Waals surface area contributed by atoms with Crippen molar-refractivity contribution in [2.45, 2.75) is 11.0 Å². The van der Waals surface area contributed by atoms with Crippen molar-refractivity contribution in [1.29, 1.82) is 0 Å². The van der Waals surface area contributed by atoms with Crippen LogP contribution in [0.1, 0.15) is 0 Å². The zero-order valence-corrected chi connectivity index (χ0v) is 15.1. The highest BCUT2D eigenvalue weighted by atomic mass is 79.9. The lowest BCUT2D eigenvalue weighted by Gasteiger charge is -2.30. The summed E-state index contributed by atoms with van der Waals surface area (Å²) in [5.41, 5.74) is 0. The number of methoxy groups -OCH3 is 1. The largest absolute Gasteiger partial charge is 0.467 e. The minimum atomic E-state index is -3.71. The average Bonchev–Trinajstić information content (AvgIpc) is 2.46. The molecule has 116 valence electrons. The third-order valence-electron chi connectivity index (χ3n) is 3.01. The Labute approximate surface area is 139 Å². The molecule has 0 bridgehead atoms. The first-order valence-corrected chi connectivity index (χ1v) is 9.03. The molecule has 0 spiro atoms. The van der Waals surface area contributed by atoms with E-state index in [0.717, 1.165) is 4.47 Å². The van der Waals surface area contributed by atoms with Gasteiger partial charge in [0.05, 0.1) is 25.2 Å². The van der Waals surface area contributed by atoms with Gasteiger partial charge in [-0.15, -0.1) is 0 Å². The van der Waals surface area contributed by atoms with Gasteiger partial charge in [0, 0.05) is 15.5 Å². The molecule has 0 saturated carbocycles. The van der Waals surface area contributed by atoms with Crippen molar-refractivity contribution in [1.82, 2.24) is 4.31 Å². The molecule has 1 atom stereocenters. The van der Waals surface area contributed by atoms with Gasteiger partial charge in [-0.1, -0.05) is 15.9 Å². The van der Waals surface area contributed by atoms with Gasteiger partial charge in [0.25, 0.3) is 0 Å². The standard InChI is InChI=1S/C12H13Br2NO5S/c1-19-12(16)10-7-15(4-5-20-10)21(17,18)11-3-2-8(13)6-9(11)14/h2-3,6,10H,4-5,7H2,1H3. The lowest BCUT2D eigenvalue weighted by molar-refractivity contribution is -0.157. The van der Waals surface area contributed by atoms with E-state index < -0.39 is 22.1 Å². The molecule has 0 N–H and O–H groups in total. The van der Waals surface area contributed by atoms with E-state index in [1.54, 1.807) is 12.1 Å². The molecule has 0 aliphatic carbocycles. The minimum Gasteiger partial charge on any atom is -0.467 e. The lowest BCUT2D eigenvalue weighted by atomic mass is 10.3. The van der Waals surface area contributed by atoms with Crippen LogP contribution in [0.25, 0.3) is 0 Å². The summed E-state index contributed by atoms with van der Waals surface area (Å²) in [6, 6.07) is 4.81. The first-order chi connectivity index (χ1) is 9.86. The summed E-state index contributed by atoms with van der Waals surface area (Å²) in [5, 5.41) is 0. The molecule has 21 heavy (non-hydrogen) atoms. The summed E-state index contributed by atoms with van der Waals surface area (Å²) in [6.45, 7) is 0.281. The summed E-state index contributed by atoms with van der Waals surface area (Å²) in [5.74, 6) is -0.579. The van der Waals surface area contributed by atoms with Crippen LogP contribution in [0.4, 0.5) is 0 Å². The van der Waals surface area contributed by atoms with Gasteiger partial charge in [0.1, 0.15) is 0 Å². The number of carbonyl (C=O) groups excluding carboxylic acids is 1. The predicted molar refractivity (Wildman–Crippen MR) is 82.4 cm³/mol. The molecule has 0 radical (unpaired) electrons. The van der Waals surface area contributed by atoms with Crippen molar-refractivity contribution in [3.05, 3.63) is 27.1 Å². The number of sulfonamides is 1. The van der Waals surface area contributed by atoms with Crippen molar-refractivity contribution in [3.8, 4) is 0 Å². The molecule has 1 unspecified atom stereocenters. The SMILES string of the molecule is COC(=O)C1CN(S(=O)(=O)c2ccc(Br)cc2Br)CCO1. The Bertz CT molecular complexity index is 649. The maximum absolute atomic E-state index is 12.6. The molecule has 2 rings (SSSR count). The molecule has 9 heteroatoms. The van der Waals surface area contributed by atoms with Crippen LogP contribution < -0.4 is 0 Å². The van der Waals surface area contributed by atoms with Gasteiger partial charge in [-0.05, 0) is 34.1 Å². The van der Waals surface area contributed by atoms with Crippen molar-refractivity contribution in [2.24, 2.45) is 0 Å². The second-order valence-electron chi connectivity index (χ2n) is 4.32. The molecule has 1 heterocycles. The fourth-order valence-corrected chi connectivity index (χ4v) is 5.07. The Morgan fingerprint density at radius 2 is 2.14 bits per heavy atom. The fourth-order valence-electron chi connectivity index (χ4n) is 1.94. The van der Waals surface area contributed by atoms with Crippen molar-refractivity contribution >= 4 is 47.9 Å². The molecule has 0 aromatic heterocycles. The zero-order chi connectivity index (χ0) is 15.6. The van der Waals surface area contributed by atoms with Crippen LogP contribution in [0, 0.1) is 0 Å². The van der Waals surface area contributed by atoms with Crippen molar-refractivity contribution in [2.75, 3.05) is 26.8 Å². The lowest BCUT2D eigenvalue weighted by Crippen LogP contribution is -2.48. The van der Waals surface area contributed by atoms with Crippen LogP contribution in [-0.4, -0.2) is 51.6 Å². The maximum atomic E-state index is 12.6. The van der Waals surface area contributed by atoms with E-state index in [1.165, 1.54) is 17.5 Å². The third-order valence-corrected chi connectivity index (χ3v) is 6.34. The van der Waals surface area contributed by atoms with Crippen LogP contribution in [-0.2, 0) is 24.3 Å².